The van der Waals surface area contributed by atoms with E-state index in [1.807, 2.05) is 0 Å². The van der Waals surface area contributed by atoms with Gasteiger partial charge in [-0.3, -0.25) is 19.3 Å². The molecule has 0 radical (unpaired) electrons. The minimum absolute atomic E-state index is 0.0737. The Hall–Kier alpha value is -2.49. The molecule has 0 aliphatic heterocycles. The average molecular weight is 292 g/mol. The number of aliphatic hydroxyl groups is 2. The summed E-state index contributed by atoms with van der Waals surface area (Å²) in [4.78, 5) is 33.7. The lowest BCUT2D eigenvalue weighted by atomic mass is 10.4. The fourth-order valence-corrected chi connectivity index (χ4v) is 1.39. The second-order valence-corrected chi connectivity index (χ2v) is 3.85. The summed E-state index contributed by atoms with van der Waals surface area (Å²) in [6.07, 6.45) is 0.758. The third kappa shape index (κ3) is 9.53. The van der Waals surface area contributed by atoms with Crippen molar-refractivity contribution in [2.45, 2.75) is 0 Å². The smallest absolute Gasteiger partial charge is 0.323 e. The molecular weight excluding hydrogens is 276 g/mol. The second kappa shape index (κ2) is 8.58. The van der Waals surface area contributed by atoms with Crippen molar-refractivity contribution in [2.24, 2.45) is 0 Å². The van der Waals surface area contributed by atoms with Crippen LogP contribution in [0.1, 0.15) is 0 Å². The fraction of sp³-hybridized carbons (Fsp3) is 0.500. The van der Waals surface area contributed by atoms with E-state index in [1.54, 1.807) is 0 Å². The third-order valence-corrected chi connectivity index (χ3v) is 2.06. The van der Waals surface area contributed by atoms with Gasteiger partial charge in [0, 0.05) is 13.1 Å². The molecule has 0 saturated carbocycles. The normalized spacial score (nSPS) is 10.1. The first-order valence-corrected chi connectivity index (χ1v) is 5.42. The van der Waals surface area contributed by atoms with Crippen LogP contribution in [-0.4, -0.2) is 86.0 Å². The number of rotatable bonds is 10. The molecule has 0 rings (SSSR count). The van der Waals surface area contributed by atoms with Crippen LogP contribution in [0.2, 0.25) is 0 Å². The first-order chi connectivity index (χ1) is 9.20. The molecule has 0 aromatic carbocycles. The lowest BCUT2D eigenvalue weighted by molar-refractivity contribution is -0.142. The summed E-state index contributed by atoms with van der Waals surface area (Å²) in [6.45, 7) is -1.75. The molecule has 0 saturated heterocycles. The predicted octanol–water partition coefficient (Wildman–Crippen LogP) is -1.24. The Bertz CT molecular complexity index is 375. The predicted molar refractivity (Wildman–Crippen MR) is 64.3 cm³/mol. The van der Waals surface area contributed by atoms with E-state index in [0.717, 1.165) is 16.0 Å². The SMILES string of the molecule is O=C(O)CN(C=C(O)O)CCN(CC(=O)O)CC(=O)O. The van der Waals surface area contributed by atoms with Crippen LogP contribution in [-0.2, 0) is 14.4 Å². The topological polar surface area (TPSA) is 159 Å². The van der Waals surface area contributed by atoms with E-state index >= 15 is 0 Å². The van der Waals surface area contributed by atoms with Crippen LogP contribution >= 0.6 is 0 Å². The summed E-state index contributed by atoms with van der Waals surface area (Å²) < 4.78 is 0. The van der Waals surface area contributed by atoms with Gasteiger partial charge < -0.3 is 30.4 Å². The maximum absolute atomic E-state index is 10.6. The van der Waals surface area contributed by atoms with Crippen LogP contribution in [0.4, 0.5) is 0 Å². The fourth-order valence-electron chi connectivity index (χ4n) is 1.39. The number of carbonyl (C=O) groups is 3. The van der Waals surface area contributed by atoms with E-state index in [-0.39, 0.29) is 13.1 Å². The van der Waals surface area contributed by atoms with Crippen molar-refractivity contribution >= 4 is 17.9 Å². The van der Waals surface area contributed by atoms with Crippen LogP contribution in [0.15, 0.2) is 12.1 Å². The van der Waals surface area contributed by atoms with E-state index in [9.17, 15) is 14.4 Å². The number of nitrogens with zero attached hydrogens (tertiary/aromatic N) is 2. The molecule has 0 unspecified atom stereocenters. The molecule has 0 heterocycles. The van der Waals surface area contributed by atoms with Crippen molar-refractivity contribution in [1.82, 2.24) is 9.80 Å². The highest BCUT2D eigenvalue weighted by Gasteiger charge is 2.15. The van der Waals surface area contributed by atoms with Gasteiger partial charge in [0.2, 0.25) is 0 Å². The Kier molecular flexibility index (Phi) is 7.52. The Labute approximate surface area is 113 Å². The van der Waals surface area contributed by atoms with Gasteiger partial charge in [-0.2, -0.15) is 0 Å². The van der Waals surface area contributed by atoms with Crippen molar-refractivity contribution in [3.63, 3.8) is 0 Å². The highest BCUT2D eigenvalue weighted by molar-refractivity contribution is 5.72. The van der Waals surface area contributed by atoms with E-state index in [4.69, 9.17) is 25.5 Å². The van der Waals surface area contributed by atoms with Gasteiger partial charge in [-0.15, -0.1) is 0 Å². The average Bonchev–Trinajstić information content (AvgIpc) is 2.22. The number of carboxylic acids is 3. The largest absolute Gasteiger partial charge is 0.480 e. The Morgan fingerprint density at radius 2 is 1.20 bits per heavy atom. The molecule has 0 amide bonds. The van der Waals surface area contributed by atoms with Gasteiger partial charge in [-0.25, -0.2) is 0 Å². The summed E-state index contributed by atoms with van der Waals surface area (Å²) in [5.74, 6) is -4.78. The van der Waals surface area contributed by atoms with E-state index in [2.05, 4.69) is 0 Å². The summed E-state index contributed by atoms with van der Waals surface area (Å²) in [7, 11) is 0. The van der Waals surface area contributed by atoms with Crippen LogP contribution in [0.3, 0.4) is 0 Å². The van der Waals surface area contributed by atoms with Crippen LogP contribution in [0.25, 0.3) is 0 Å². The summed E-state index contributed by atoms with van der Waals surface area (Å²) >= 11 is 0. The molecule has 0 aromatic heterocycles. The number of aliphatic hydroxyl groups excluding tert-OH is 1. The van der Waals surface area contributed by atoms with Crippen LogP contribution in [0.5, 0.6) is 0 Å². The van der Waals surface area contributed by atoms with Crippen LogP contribution < -0.4 is 0 Å². The lowest BCUT2D eigenvalue weighted by Crippen LogP contribution is -2.40. The molecule has 0 aromatic rings. The van der Waals surface area contributed by atoms with Gasteiger partial charge in [0.25, 0.3) is 5.95 Å². The van der Waals surface area contributed by atoms with Crippen molar-refractivity contribution < 1.29 is 39.9 Å². The van der Waals surface area contributed by atoms with Crippen LogP contribution in [0, 0.1) is 0 Å². The summed E-state index contributed by atoms with van der Waals surface area (Å²) in [6, 6.07) is 0. The Morgan fingerprint density at radius 1 is 0.750 bits per heavy atom. The number of hydrogen-bond acceptors (Lipinski definition) is 7. The highest BCUT2D eigenvalue weighted by atomic mass is 16.5. The molecule has 10 heteroatoms. The minimum Gasteiger partial charge on any atom is -0.480 e. The molecule has 0 spiro atoms. The van der Waals surface area contributed by atoms with Gasteiger partial charge in [0.15, 0.2) is 0 Å². The highest BCUT2D eigenvalue weighted by Crippen LogP contribution is 1.96. The quantitative estimate of drug-likeness (QED) is 0.308. The summed E-state index contributed by atoms with van der Waals surface area (Å²) in [5.41, 5.74) is 0. The second-order valence-electron chi connectivity index (χ2n) is 3.85. The van der Waals surface area contributed by atoms with Gasteiger partial charge in [0.05, 0.1) is 19.3 Å². The molecule has 20 heavy (non-hydrogen) atoms. The van der Waals surface area contributed by atoms with Gasteiger partial charge >= 0.3 is 17.9 Å². The minimum atomic E-state index is -1.23. The number of carboxylic acid groups (broad SMARTS) is 3. The zero-order valence-electron chi connectivity index (χ0n) is 10.5. The van der Waals surface area contributed by atoms with E-state index in [0.29, 0.717) is 0 Å². The van der Waals surface area contributed by atoms with E-state index in [1.165, 1.54) is 0 Å². The summed E-state index contributed by atoms with van der Waals surface area (Å²) in [5, 5.41) is 43.2. The van der Waals surface area contributed by atoms with Gasteiger partial charge in [0.1, 0.15) is 6.54 Å². The molecule has 0 aliphatic carbocycles. The lowest BCUT2D eigenvalue weighted by Gasteiger charge is -2.23. The molecule has 0 bridgehead atoms. The molecule has 0 fully saturated rings. The maximum Gasteiger partial charge on any atom is 0.323 e. The van der Waals surface area contributed by atoms with Crippen molar-refractivity contribution in [1.29, 1.82) is 0 Å². The van der Waals surface area contributed by atoms with Gasteiger partial charge in [-0.1, -0.05) is 0 Å². The molecule has 114 valence electrons. The van der Waals surface area contributed by atoms with E-state index < -0.39 is 43.5 Å². The van der Waals surface area contributed by atoms with Crippen molar-refractivity contribution in [3.8, 4) is 0 Å². The first-order valence-electron chi connectivity index (χ1n) is 5.42. The standard InChI is InChI=1S/C10H16N2O8/c13-7(14)3-11(4-8(15)16)1-2-12(5-9(17)18)6-10(19)20/h3,13-14H,1-2,4-6H2,(H,15,16)(H,17,18)(H,19,20). The third-order valence-electron chi connectivity index (χ3n) is 2.06. The Balaban J connectivity index is 4.58. The van der Waals surface area contributed by atoms with Crippen molar-refractivity contribution in [2.75, 3.05) is 32.7 Å². The molecule has 0 aliphatic rings. The molecule has 0 atom stereocenters. The number of aliphatic carboxylic acids is 3. The zero-order chi connectivity index (χ0) is 15.7. The molecule has 10 nitrogen and oxygen atoms in total. The van der Waals surface area contributed by atoms with Gasteiger partial charge in [-0.05, 0) is 0 Å². The maximum atomic E-state index is 10.6. The first kappa shape index (κ1) is 17.5. The number of hydrogen-bond donors (Lipinski definition) is 5. The Morgan fingerprint density at radius 3 is 1.55 bits per heavy atom. The van der Waals surface area contributed by atoms with Crippen molar-refractivity contribution in [3.05, 3.63) is 12.1 Å². The monoisotopic (exact) mass is 292 g/mol. The molecule has 5 N–H and O–H groups in total. The zero-order valence-corrected chi connectivity index (χ0v) is 10.5. The molecular formula is C10H16N2O8.